The molecular weight excluding hydrogens is 238 g/mol. The number of aryl methyl sites for hydroxylation is 1. The van der Waals surface area contributed by atoms with Crippen LogP contribution in [0.25, 0.3) is 0 Å². The first-order valence-electron chi connectivity index (χ1n) is 5.76. The van der Waals surface area contributed by atoms with E-state index in [0.29, 0.717) is 10.6 Å². The van der Waals surface area contributed by atoms with Crippen LogP contribution in [0.2, 0.25) is 5.02 Å². The van der Waals surface area contributed by atoms with Gasteiger partial charge in [0.15, 0.2) is 0 Å². The van der Waals surface area contributed by atoms with Crippen LogP contribution in [-0.2, 0) is 0 Å². The van der Waals surface area contributed by atoms with Crippen LogP contribution in [0.4, 0.5) is 0 Å². The van der Waals surface area contributed by atoms with Gasteiger partial charge in [-0.3, -0.25) is 4.79 Å². The zero-order valence-corrected chi connectivity index (χ0v) is 10.5. The van der Waals surface area contributed by atoms with E-state index in [-0.39, 0.29) is 12.5 Å². The molecule has 92 valence electrons. The molecule has 0 spiro atoms. The highest BCUT2D eigenvalue weighted by molar-refractivity contribution is 6.34. The highest BCUT2D eigenvalue weighted by atomic mass is 35.5. The average Bonchev–Trinajstić information content (AvgIpc) is 2.27. The van der Waals surface area contributed by atoms with Crippen molar-refractivity contribution < 1.29 is 9.90 Å². The maximum atomic E-state index is 12.1. The molecule has 4 heteroatoms. The van der Waals surface area contributed by atoms with Crippen LogP contribution in [0.1, 0.15) is 35.2 Å². The number of rotatable bonds is 3. The van der Waals surface area contributed by atoms with Crippen molar-refractivity contribution in [1.29, 1.82) is 0 Å². The lowest BCUT2D eigenvalue weighted by Gasteiger charge is -2.41. The standard InChI is InChI=1S/C13H16ClNO2/c1-9-4-2-5-10(11(9)14)12(17)15-13(8-16)6-3-7-13/h2,4-5,16H,3,6-8H2,1H3,(H,15,17). The van der Waals surface area contributed by atoms with Gasteiger partial charge >= 0.3 is 0 Å². The fourth-order valence-corrected chi connectivity index (χ4v) is 2.27. The van der Waals surface area contributed by atoms with Gasteiger partial charge in [0, 0.05) is 0 Å². The molecule has 1 aliphatic carbocycles. The Morgan fingerprint density at radius 2 is 2.24 bits per heavy atom. The average molecular weight is 254 g/mol. The second kappa shape index (κ2) is 4.67. The maximum Gasteiger partial charge on any atom is 0.253 e. The van der Waals surface area contributed by atoms with Gasteiger partial charge < -0.3 is 10.4 Å². The van der Waals surface area contributed by atoms with Crippen LogP contribution in [0.5, 0.6) is 0 Å². The van der Waals surface area contributed by atoms with Gasteiger partial charge in [-0.2, -0.15) is 0 Å². The Balaban J connectivity index is 2.17. The van der Waals surface area contributed by atoms with Crippen molar-refractivity contribution in [2.45, 2.75) is 31.7 Å². The summed E-state index contributed by atoms with van der Waals surface area (Å²) in [7, 11) is 0. The summed E-state index contributed by atoms with van der Waals surface area (Å²) < 4.78 is 0. The summed E-state index contributed by atoms with van der Waals surface area (Å²) in [6.45, 7) is 1.85. The van der Waals surface area contributed by atoms with Gasteiger partial charge in [0.1, 0.15) is 0 Å². The van der Waals surface area contributed by atoms with E-state index in [1.54, 1.807) is 6.07 Å². The molecule has 2 N–H and O–H groups in total. The number of carbonyl (C=O) groups excluding carboxylic acids is 1. The van der Waals surface area contributed by atoms with E-state index in [1.807, 2.05) is 19.1 Å². The van der Waals surface area contributed by atoms with Gasteiger partial charge in [-0.1, -0.05) is 23.7 Å². The number of halogens is 1. The molecule has 3 nitrogen and oxygen atoms in total. The van der Waals surface area contributed by atoms with E-state index >= 15 is 0 Å². The number of amides is 1. The van der Waals surface area contributed by atoms with E-state index < -0.39 is 5.54 Å². The van der Waals surface area contributed by atoms with Crippen LogP contribution in [0.15, 0.2) is 18.2 Å². The molecule has 17 heavy (non-hydrogen) atoms. The number of hydrogen-bond acceptors (Lipinski definition) is 2. The van der Waals surface area contributed by atoms with Crippen molar-refractivity contribution in [1.82, 2.24) is 5.32 Å². The Kier molecular flexibility index (Phi) is 3.40. The third-order valence-electron chi connectivity index (χ3n) is 3.43. The van der Waals surface area contributed by atoms with Crippen molar-refractivity contribution in [3.05, 3.63) is 34.3 Å². The molecule has 1 aliphatic rings. The summed E-state index contributed by atoms with van der Waals surface area (Å²) in [5.74, 6) is -0.201. The smallest absolute Gasteiger partial charge is 0.253 e. The van der Waals surface area contributed by atoms with Crippen LogP contribution in [-0.4, -0.2) is 23.2 Å². The predicted molar refractivity (Wildman–Crippen MR) is 67.3 cm³/mol. The van der Waals surface area contributed by atoms with Crippen LogP contribution >= 0.6 is 11.6 Å². The number of hydrogen-bond donors (Lipinski definition) is 2. The molecule has 0 radical (unpaired) electrons. The first-order chi connectivity index (χ1) is 8.08. The fourth-order valence-electron chi connectivity index (χ4n) is 2.06. The second-order valence-corrected chi connectivity index (χ2v) is 5.06. The second-order valence-electron chi connectivity index (χ2n) is 4.68. The van der Waals surface area contributed by atoms with E-state index in [0.717, 1.165) is 24.8 Å². The number of carbonyl (C=O) groups is 1. The Labute approximate surface area is 106 Å². The molecular formula is C13H16ClNO2. The van der Waals surface area contributed by atoms with Gasteiger partial charge in [-0.25, -0.2) is 0 Å². The van der Waals surface area contributed by atoms with Crippen molar-refractivity contribution in [3.63, 3.8) is 0 Å². The lowest BCUT2D eigenvalue weighted by atomic mass is 9.77. The molecule has 0 aromatic heterocycles. The molecule has 1 aromatic rings. The molecule has 0 atom stereocenters. The molecule has 0 heterocycles. The van der Waals surface area contributed by atoms with E-state index in [1.165, 1.54) is 0 Å². The van der Waals surface area contributed by atoms with E-state index in [9.17, 15) is 9.90 Å². The fraction of sp³-hybridized carbons (Fsp3) is 0.462. The van der Waals surface area contributed by atoms with Crippen LogP contribution in [0.3, 0.4) is 0 Å². The lowest BCUT2D eigenvalue weighted by molar-refractivity contribution is 0.0642. The molecule has 1 fully saturated rings. The minimum Gasteiger partial charge on any atom is -0.394 e. The zero-order chi connectivity index (χ0) is 12.5. The topological polar surface area (TPSA) is 49.3 Å². The normalized spacial score (nSPS) is 17.4. The molecule has 0 aliphatic heterocycles. The van der Waals surface area contributed by atoms with Crippen molar-refractivity contribution in [3.8, 4) is 0 Å². The van der Waals surface area contributed by atoms with Crippen molar-refractivity contribution in [2.75, 3.05) is 6.61 Å². The largest absolute Gasteiger partial charge is 0.394 e. The lowest BCUT2D eigenvalue weighted by Crippen LogP contribution is -2.56. The van der Waals surface area contributed by atoms with Gasteiger partial charge in [0.25, 0.3) is 5.91 Å². The van der Waals surface area contributed by atoms with Gasteiger partial charge in [0.05, 0.1) is 22.7 Å². The molecule has 0 saturated heterocycles. The first kappa shape index (κ1) is 12.4. The number of aliphatic hydroxyl groups excluding tert-OH is 1. The minimum atomic E-state index is -0.426. The Morgan fingerprint density at radius 3 is 2.76 bits per heavy atom. The van der Waals surface area contributed by atoms with Gasteiger partial charge in [0.2, 0.25) is 0 Å². The third-order valence-corrected chi connectivity index (χ3v) is 3.93. The first-order valence-corrected chi connectivity index (χ1v) is 6.14. The summed E-state index contributed by atoms with van der Waals surface area (Å²) >= 11 is 6.10. The van der Waals surface area contributed by atoms with Crippen LogP contribution < -0.4 is 5.32 Å². The molecule has 0 bridgehead atoms. The van der Waals surface area contributed by atoms with E-state index in [4.69, 9.17) is 11.6 Å². The third kappa shape index (κ3) is 2.31. The summed E-state index contributed by atoms with van der Waals surface area (Å²) in [6, 6.07) is 5.38. The minimum absolute atomic E-state index is 0.0117. The predicted octanol–water partition coefficient (Wildman–Crippen LogP) is 2.29. The van der Waals surface area contributed by atoms with Gasteiger partial charge in [-0.15, -0.1) is 0 Å². The number of aliphatic hydroxyl groups is 1. The molecule has 0 unspecified atom stereocenters. The number of benzene rings is 1. The maximum absolute atomic E-state index is 12.1. The Bertz CT molecular complexity index is 436. The molecule has 1 aromatic carbocycles. The molecule has 1 saturated carbocycles. The Hall–Kier alpha value is -1.06. The van der Waals surface area contributed by atoms with E-state index in [2.05, 4.69) is 5.32 Å². The van der Waals surface area contributed by atoms with Crippen molar-refractivity contribution in [2.24, 2.45) is 0 Å². The quantitative estimate of drug-likeness (QED) is 0.868. The van der Waals surface area contributed by atoms with Crippen LogP contribution in [0, 0.1) is 6.92 Å². The SMILES string of the molecule is Cc1cccc(C(=O)NC2(CO)CCC2)c1Cl. The Morgan fingerprint density at radius 1 is 1.53 bits per heavy atom. The summed E-state index contributed by atoms with van der Waals surface area (Å²) in [4.78, 5) is 12.1. The monoisotopic (exact) mass is 253 g/mol. The summed E-state index contributed by atoms with van der Waals surface area (Å²) in [6.07, 6.45) is 2.71. The molecule has 1 amide bonds. The highest BCUT2D eigenvalue weighted by Crippen LogP contribution is 2.32. The van der Waals surface area contributed by atoms with Gasteiger partial charge in [-0.05, 0) is 37.8 Å². The number of nitrogens with one attached hydrogen (secondary N) is 1. The highest BCUT2D eigenvalue weighted by Gasteiger charge is 2.38. The summed E-state index contributed by atoms with van der Waals surface area (Å²) in [5.41, 5.74) is 0.932. The summed E-state index contributed by atoms with van der Waals surface area (Å²) in [5, 5.41) is 12.7. The molecule has 2 rings (SSSR count). The zero-order valence-electron chi connectivity index (χ0n) is 9.79. The van der Waals surface area contributed by atoms with Crippen molar-refractivity contribution >= 4 is 17.5 Å².